The third-order valence-electron chi connectivity index (χ3n) is 6.48. The smallest absolute Gasteiger partial charge is 0.310 e. The minimum Gasteiger partial charge on any atom is -0.465 e. The molecule has 1 saturated heterocycles. The third kappa shape index (κ3) is 3.13. The molecule has 0 amide bonds. The van der Waals surface area contributed by atoms with E-state index in [1.807, 2.05) is 0 Å². The summed E-state index contributed by atoms with van der Waals surface area (Å²) in [6.07, 6.45) is 4.46. The van der Waals surface area contributed by atoms with Gasteiger partial charge in [0.15, 0.2) is 8.32 Å². The van der Waals surface area contributed by atoms with Gasteiger partial charge in [0.05, 0.1) is 18.6 Å². The molecular weight excluding hydrogens is 396 g/mol. The van der Waals surface area contributed by atoms with Crippen molar-refractivity contribution < 1.29 is 14.0 Å². The van der Waals surface area contributed by atoms with E-state index in [2.05, 4.69) is 62.4 Å². The summed E-state index contributed by atoms with van der Waals surface area (Å²) < 4.78 is 13.5. The monoisotopic (exact) mass is 424 g/mol. The summed E-state index contributed by atoms with van der Waals surface area (Å²) in [5.41, 5.74) is 2.24. The molecule has 138 valence electrons. The fourth-order valence-corrected chi connectivity index (χ4v) is 8.41. The molecule has 0 saturated carbocycles. The summed E-state index contributed by atoms with van der Waals surface area (Å²) >= 11 is 3.81. The molecule has 1 fully saturated rings. The van der Waals surface area contributed by atoms with Gasteiger partial charge in [-0.2, -0.15) is 0 Å². The highest BCUT2D eigenvalue weighted by Crippen LogP contribution is 2.53. The van der Waals surface area contributed by atoms with Crippen molar-refractivity contribution in [3.8, 4) is 0 Å². The molecule has 0 radical (unpaired) electrons. The van der Waals surface area contributed by atoms with E-state index >= 15 is 0 Å². The molecule has 25 heavy (non-hydrogen) atoms. The molecule has 2 aliphatic carbocycles. The molecule has 1 unspecified atom stereocenters. The van der Waals surface area contributed by atoms with Gasteiger partial charge in [0.2, 0.25) is 0 Å². The number of carbonyl (C=O) groups is 1. The Morgan fingerprint density at radius 1 is 1.28 bits per heavy atom. The van der Waals surface area contributed by atoms with Crippen LogP contribution in [0.25, 0.3) is 0 Å². The van der Waals surface area contributed by atoms with Crippen molar-refractivity contribution in [1.82, 2.24) is 0 Å². The maximum absolute atomic E-state index is 12.3. The first kappa shape index (κ1) is 19.1. The Morgan fingerprint density at radius 3 is 2.48 bits per heavy atom. The number of hydrogen-bond acceptors (Lipinski definition) is 3. The van der Waals surface area contributed by atoms with E-state index in [0.29, 0.717) is 6.61 Å². The molecule has 0 aromatic carbocycles. The molecule has 0 N–H and O–H groups in total. The normalized spacial score (nSPS) is 34.1. The maximum Gasteiger partial charge on any atom is 0.310 e. The molecule has 0 bridgehead atoms. The van der Waals surface area contributed by atoms with Crippen LogP contribution in [0.3, 0.4) is 0 Å². The number of halogens is 1. The summed E-state index contributed by atoms with van der Waals surface area (Å²) in [7, 11) is -1.77. The zero-order chi connectivity index (χ0) is 18.4. The highest BCUT2D eigenvalue weighted by molar-refractivity contribution is 9.11. The molecule has 5 heteroatoms. The molecule has 1 heterocycles. The minimum absolute atomic E-state index is 0.00833. The number of allylic oxidation sites excluding steroid dienone is 1. The van der Waals surface area contributed by atoms with Crippen LogP contribution >= 0.6 is 15.9 Å². The fourth-order valence-electron chi connectivity index (χ4n) is 4.71. The molecule has 3 nitrogen and oxygen atoms in total. The van der Waals surface area contributed by atoms with E-state index in [1.54, 1.807) is 0 Å². The van der Waals surface area contributed by atoms with E-state index in [1.165, 1.54) is 10.1 Å². The van der Waals surface area contributed by atoms with Crippen LogP contribution < -0.4 is 0 Å². The van der Waals surface area contributed by atoms with Crippen LogP contribution in [0.4, 0.5) is 0 Å². The molecular formula is C20H29BrO3Si. The van der Waals surface area contributed by atoms with Crippen LogP contribution in [0.15, 0.2) is 34.4 Å². The Morgan fingerprint density at radius 2 is 1.92 bits per heavy atom. The molecule has 5 atom stereocenters. The van der Waals surface area contributed by atoms with Gasteiger partial charge in [0.25, 0.3) is 0 Å². The van der Waals surface area contributed by atoms with Crippen molar-refractivity contribution in [3.05, 3.63) is 34.4 Å². The number of rotatable bonds is 6. The van der Waals surface area contributed by atoms with Crippen LogP contribution in [0.5, 0.6) is 0 Å². The minimum atomic E-state index is -1.77. The van der Waals surface area contributed by atoms with Gasteiger partial charge in [0, 0.05) is 17.8 Å². The van der Waals surface area contributed by atoms with Gasteiger partial charge in [-0.15, -0.1) is 0 Å². The van der Waals surface area contributed by atoms with Gasteiger partial charge < -0.3 is 9.16 Å². The summed E-state index contributed by atoms with van der Waals surface area (Å²) in [5, 5.41) is 0. The lowest BCUT2D eigenvalue weighted by Crippen LogP contribution is -2.44. The first-order chi connectivity index (χ1) is 11.9. The van der Waals surface area contributed by atoms with Crippen molar-refractivity contribution >= 4 is 30.2 Å². The zero-order valence-electron chi connectivity index (χ0n) is 15.7. The lowest BCUT2D eigenvalue weighted by atomic mass is 9.73. The number of ether oxygens (including phenoxy) is 1. The average molecular weight is 425 g/mol. The molecule has 0 aromatic heterocycles. The summed E-state index contributed by atoms with van der Waals surface area (Å²) in [6.45, 7) is 13.5. The summed E-state index contributed by atoms with van der Waals surface area (Å²) in [5.74, 6) is 0.368. The second kappa shape index (κ2) is 7.16. The predicted molar refractivity (Wildman–Crippen MR) is 107 cm³/mol. The first-order valence-electron chi connectivity index (χ1n) is 9.46. The van der Waals surface area contributed by atoms with Crippen LogP contribution in [-0.4, -0.2) is 27.0 Å². The number of hydrogen-bond donors (Lipinski definition) is 0. The standard InChI is InChI=1S/C20H29BrO3Si/c1-6-25(7-2,8-3)24-19-14(12(4)5)10-15-17-13(11-23-20(17)22)9-16(21)18(15)19/h9-10,13,15,17-19H,4,6-8,11H2,1-3,5H3/t13-,15-,17+,18+,19?/m1/s1. The van der Waals surface area contributed by atoms with Crippen molar-refractivity contribution in [2.45, 2.75) is 51.9 Å². The second-order valence-corrected chi connectivity index (χ2v) is 13.3. The number of carbonyl (C=O) groups excluding carboxylic acids is 1. The topological polar surface area (TPSA) is 35.5 Å². The van der Waals surface area contributed by atoms with Crippen LogP contribution in [0.2, 0.25) is 18.1 Å². The quantitative estimate of drug-likeness (QED) is 0.433. The average Bonchev–Trinajstić information content (AvgIpc) is 3.14. The fraction of sp³-hybridized carbons (Fsp3) is 0.650. The van der Waals surface area contributed by atoms with E-state index in [9.17, 15) is 4.79 Å². The lowest BCUT2D eigenvalue weighted by molar-refractivity contribution is -0.142. The summed E-state index contributed by atoms with van der Waals surface area (Å²) in [4.78, 5) is 12.3. The van der Waals surface area contributed by atoms with Gasteiger partial charge in [-0.25, -0.2) is 0 Å². The summed E-state index contributed by atoms with van der Waals surface area (Å²) in [6, 6.07) is 3.35. The highest BCUT2D eigenvalue weighted by Gasteiger charge is 2.54. The Hall–Kier alpha value is -0.653. The maximum atomic E-state index is 12.3. The van der Waals surface area contributed by atoms with Gasteiger partial charge in [-0.05, 0) is 35.1 Å². The van der Waals surface area contributed by atoms with Crippen LogP contribution in [-0.2, 0) is 14.0 Å². The second-order valence-electron chi connectivity index (χ2n) is 7.66. The van der Waals surface area contributed by atoms with E-state index in [-0.39, 0.29) is 35.7 Å². The van der Waals surface area contributed by atoms with Crippen molar-refractivity contribution in [2.75, 3.05) is 6.61 Å². The van der Waals surface area contributed by atoms with E-state index < -0.39 is 8.32 Å². The van der Waals surface area contributed by atoms with Gasteiger partial charge in [0.1, 0.15) is 0 Å². The molecule has 3 aliphatic rings. The highest BCUT2D eigenvalue weighted by atomic mass is 79.9. The molecule has 0 spiro atoms. The van der Waals surface area contributed by atoms with Crippen LogP contribution in [0.1, 0.15) is 27.7 Å². The Balaban J connectivity index is 2.00. The Bertz CT molecular complexity index is 627. The number of cyclic esters (lactones) is 1. The SMILES string of the molecule is C=C(C)C1=C[C@@H]2[C@H]3C(=O)OC[C@H]3C=C(Br)[C@H]2C1O[Si](CC)(CC)CC. The Labute approximate surface area is 160 Å². The van der Waals surface area contributed by atoms with Crippen molar-refractivity contribution in [2.24, 2.45) is 23.7 Å². The number of esters is 1. The zero-order valence-corrected chi connectivity index (χ0v) is 18.3. The van der Waals surface area contributed by atoms with Crippen molar-refractivity contribution in [1.29, 1.82) is 0 Å². The van der Waals surface area contributed by atoms with Gasteiger partial charge in [-0.3, -0.25) is 4.79 Å². The third-order valence-corrected chi connectivity index (χ3v) is 11.9. The number of fused-ring (bicyclic) bond motifs is 3. The largest absolute Gasteiger partial charge is 0.465 e. The molecule has 0 aromatic rings. The molecule has 1 aliphatic heterocycles. The van der Waals surface area contributed by atoms with E-state index in [4.69, 9.17) is 9.16 Å². The predicted octanol–water partition coefficient (Wildman–Crippen LogP) is 5.21. The molecule has 3 rings (SSSR count). The van der Waals surface area contributed by atoms with Gasteiger partial charge in [-0.1, -0.05) is 61.0 Å². The van der Waals surface area contributed by atoms with Crippen LogP contribution in [0, 0.1) is 23.7 Å². The van der Waals surface area contributed by atoms with Crippen molar-refractivity contribution in [3.63, 3.8) is 0 Å². The van der Waals surface area contributed by atoms with Gasteiger partial charge >= 0.3 is 5.97 Å². The Kier molecular flexibility index (Phi) is 5.48. The first-order valence-corrected chi connectivity index (χ1v) is 12.8. The van der Waals surface area contributed by atoms with E-state index in [0.717, 1.165) is 23.7 Å². The lowest BCUT2D eigenvalue weighted by Gasteiger charge is -2.39.